The lowest BCUT2D eigenvalue weighted by Crippen LogP contribution is -2.16. The van der Waals surface area contributed by atoms with E-state index in [0.717, 1.165) is 10.2 Å². The van der Waals surface area contributed by atoms with Gasteiger partial charge in [0.05, 0.1) is 40.0 Å². The van der Waals surface area contributed by atoms with Crippen molar-refractivity contribution in [3.63, 3.8) is 0 Å². The highest BCUT2D eigenvalue weighted by Gasteiger charge is 2.17. The molecule has 0 radical (unpaired) electrons. The fourth-order valence-electron chi connectivity index (χ4n) is 2.69. The molecule has 140 valence electrons. The van der Waals surface area contributed by atoms with Gasteiger partial charge in [-0.05, 0) is 24.3 Å². The van der Waals surface area contributed by atoms with Gasteiger partial charge < -0.3 is 14.0 Å². The summed E-state index contributed by atoms with van der Waals surface area (Å²) in [4.78, 5) is 17.6. The molecule has 3 rings (SSSR count). The van der Waals surface area contributed by atoms with Gasteiger partial charge in [-0.15, -0.1) is 6.58 Å². The largest absolute Gasteiger partial charge is 0.493 e. The number of rotatable bonds is 5. The number of thiazole rings is 1. The van der Waals surface area contributed by atoms with E-state index >= 15 is 0 Å². The molecule has 5 nitrogen and oxygen atoms in total. The maximum atomic E-state index is 12.9. The monoisotopic (exact) mass is 422 g/mol. The average Bonchev–Trinajstić information content (AvgIpc) is 3.02. The number of carbonyl (C=O) groups is 1. The summed E-state index contributed by atoms with van der Waals surface area (Å²) in [5.41, 5.74) is 1.03. The molecule has 0 aliphatic carbocycles. The smallest absolute Gasteiger partial charge is 0.283 e. The molecular weight excluding hydrogens is 407 g/mol. The normalized spacial score (nSPS) is 11.6. The van der Waals surface area contributed by atoms with Gasteiger partial charge in [0, 0.05) is 6.54 Å². The van der Waals surface area contributed by atoms with E-state index < -0.39 is 5.91 Å². The van der Waals surface area contributed by atoms with Crippen molar-refractivity contribution >= 4 is 50.7 Å². The minimum atomic E-state index is -0.447. The summed E-state index contributed by atoms with van der Waals surface area (Å²) in [5.74, 6) is 0.354. The molecule has 1 heterocycles. The van der Waals surface area contributed by atoms with Crippen molar-refractivity contribution in [3.05, 3.63) is 63.4 Å². The topological polar surface area (TPSA) is 52.8 Å². The molecule has 0 fully saturated rings. The van der Waals surface area contributed by atoms with Crippen molar-refractivity contribution in [2.45, 2.75) is 6.54 Å². The second kappa shape index (κ2) is 8.17. The minimum Gasteiger partial charge on any atom is -0.493 e. The maximum absolute atomic E-state index is 12.9. The number of para-hydroxylation sites is 1. The number of aromatic nitrogens is 1. The number of benzene rings is 2. The highest BCUT2D eigenvalue weighted by molar-refractivity contribution is 7.16. The predicted octanol–water partition coefficient (Wildman–Crippen LogP) is 4.95. The Kier molecular flexibility index (Phi) is 5.89. The molecule has 0 unspecified atom stereocenters. The molecule has 2 aromatic carbocycles. The first-order valence-corrected chi connectivity index (χ1v) is 9.47. The molecule has 0 N–H and O–H groups in total. The Morgan fingerprint density at radius 3 is 2.70 bits per heavy atom. The van der Waals surface area contributed by atoms with Crippen LogP contribution in [0.15, 0.2) is 48.0 Å². The Morgan fingerprint density at radius 1 is 1.26 bits per heavy atom. The van der Waals surface area contributed by atoms with Crippen molar-refractivity contribution in [1.29, 1.82) is 0 Å². The summed E-state index contributed by atoms with van der Waals surface area (Å²) < 4.78 is 13.3. The first-order valence-electron chi connectivity index (χ1n) is 7.90. The fourth-order valence-corrected chi connectivity index (χ4v) is 4.21. The zero-order chi connectivity index (χ0) is 19.6. The molecule has 1 aromatic heterocycles. The lowest BCUT2D eigenvalue weighted by Gasteiger charge is -2.10. The maximum Gasteiger partial charge on any atom is 0.283 e. The third-order valence-corrected chi connectivity index (χ3v) is 5.71. The highest BCUT2D eigenvalue weighted by Crippen LogP contribution is 2.33. The van der Waals surface area contributed by atoms with Crippen molar-refractivity contribution in [2.24, 2.45) is 4.99 Å². The van der Waals surface area contributed by atoms with Crippen LogP contribution in [-0.2, 0) is 6.54 Å². The number of amides is 1. The molecular formula is C19H16Cl2N2O3S. The molecule has 0 aliphatic heterocycles. The Hall–Kier alpha value is -2.28. The van der Waals surface area contributed by atoms with E-state index in [2.05, 4.69) is 11.6 Å². The van der Waals surface area contributed by atoms with Gasteiger partial charge in [-0.2, -0.15) is 4.99 Å². The van der Waals surface area contributed by atoms with Gasteiger partial charge in [-0.3, -0.25) is 4.79 Å². The van der Waals surface area contributed by atoms with E-state index in [9.17, 15) is 4.79 Å². The second-order valence-electron chi connectivity index (χ2n) is 5.45. The molecule has 3 aromatic rings. The Labute approximate surface area is 170 Å². The molecule has 0 saturated carbocycles. The van der Waals surface area contributed by atoms with Crippen LogP contribution < -0.4 is 14.3 Å². The molecule has 0 atom stereocenters. The van der Waals surface area contributed by atoms with Crippen LogP contribution in [0.25, 0.3) is 10.2 Å². The molecule has 0 aliphatic rings. The Balaban J connectivity index is 2.22. The van der Waals surface area contributed by atoms with Crippen LogP contribution in [0.4, 0.5) is 0 Å². The minimum absolute atomic E-state index is 0.309. The molecule has 8 heteroatoms. The number of ether oxygens (including phenoxy) is 2. The quantitative estimate of drug-likeness (QED) is 0.546. The molecule has 27 heavy (non-hydrogen) atoms. The van der Waals surface area contributed by atoms with Crippen molar-refractivity contribution in [1.82, 2.24) is 4.57 Å². The highest BCUT2D eigenvalue weighted by atomic mass is 35.5. The number of halogens is 2. The fraction of sp³-hybridized carbons (Fsp3) is 0.158. The number of methoxy groups -OCH3 is 2. The standard InChI is InChI=1S/C19H16Cl2N2O3S/c1-4-10-23-16-14(9-8-12(20)15(16)21)27-19(23)22-18(24)11-6-5-7-13(25-2)17(11)26-3/h4-9H,1,10H2,2-3H3. The molecule has 0 bridgehead atoms. The van der Waals surface area contributed by atoms with Gasteiger partial charge in [0.15, 0.2) is 16.3 Å². The van der Waals surface area contributed by atoms with Gasteiger partial charge in [0.2, 0.25) is 0 Å². The van der Waals surface area contributed by atoms with E-state index in [-0.39, 0.29) is 0 Å². The van der Waals surface area contributed by atoms with Gasteiger partial charge in [0.1, 0.15) is 0 Å². The van der Waals surface area contributed by atoms with Crippen LogP contribution >= 0.6 is 34.5 Å². The Bertz CT molecular complexity index is 1100. The summed E-state index contributed by atoms with van der Waals surface area (Å²) >= 11 is 13.9. The van der Waals surface area contributed by atoms with Crippen LogP contribution in [-0.4, -0.2) is 24.7 Å². The van der Waals surface area contributed by atoms with E-state index in [1.807, 2.05) is 10.6 Å². The number of allylic oxidation sites excluding steroid dienone is 1. The van der Waals surface area contributed by atoms with Gasteiger partial charge in [-0.1, -0.05) is 46.7 Å². The third-order valence-electron chi connectivity index (χ3n) is 3.88. The molecule has 1 amide bonds. The van der Waals surface area contributed by atoms with Crippen LogP contribution in [0.5, 0.6) is 11.5 Å². The van der Waals surface area contributed by atoms with Crippen LogP contribution in [0.2, 0.25) is 10.0 Å². The lowest BCUT2D eigenvalue weighted by atomic mass is 10.2. The summed E-state index contributed by atoms with van der Waals surface area (Å²) in [6, 6.07) is 8.64. The third kappa shape index (κ3) is 3.60. The summed E-state index contributed by atoms with van der Waals surface area (Å²) in [7, 11) is 2.99. The van der Waals surface area contributed by atoms with Crippen molar-refractivity contribution in [2.75, 3.05) is 14.2 Å². The van der Waals surface area contributed by atoms with Crippen molar-refractivity contribution < 1.29 is 14.3 Å². The van der Waals surface area contributed by atoms with Gasteiger partial charge >= 0.3 is 0 Å². The zero-order valence-electron chi connectivity index (χ0n) is 14.7. The summed E-state index contributed by atoms with van der Waals surface area (Å²) in [6.07, 6.45) is 1.71. The van der Waals surface area contributed by atoms with Crippen LogP contribution in [0, 0.1) is 0 Å². The first-order chi connectivity index (χ1) is 13.0. The van der Waals surface area contributed by atoms with E-state index in [1.54, 1.807) is 30.3 Å². The Morgan fingerprint density at radius 2 is 2.04 bits per heavy atom. The van der Waals surface area contributed by atoms with Gasteiger partial charge in [0.25, 0.3) is 5.91 Å². The predicted molar refractivity (Wildman–Crippen MR) is 109 cm³/mol. The van der Waals surface area contributed by atoms with Crippen LogP contribution in [0.3, 0.4) is 0 Å². The molecule has 0 spiro atoms. The number of fused-ring (bicyclic) bond motifs is 1. The average molecular weight is 423 g/mol. The number of carbonyl (C=O) groups excluding carboxylic acids is 1. The SMILES string of the molecule is C=CCn1c(=NC(=O)c2cccc(OC)c2OC)sc2ccc(Cl)c(Cl)c21. The van der Waals surface area contributed by atoms with E-state index in [0.29, 0.717) is 38.5 Å². The lowest BCUT2D eigenvalue weighted by molar-refractivity contribution is 0.0994. The summed E-state index contributed by atoms with van der Waals surface area (Å²) in [5, 5.41) is 0.854. The van der Waals surface area contributed by atoms with Gasteiger partial charge in [-0.25, -0.2) is 0 Å². The first kappa shape index (κ1) is 19.5. The number of nitrogens with zero attached hydrogens (tertiary/aromatic N) is 2. The summed E-state index contributed by atoms with van der Waals surface area (Å²) in [6.45, 7) is 4.20. The van der Waals surface area contributed by atoms with E-state index in [1.165, 1.54) is 25.6 Å². The molecule has 0 saturated heterocycles. The number of hydrogen-bond acceptors (Lipinski definition) is 4. The second-order valence-corrected chi connectivity index (χ2v) is 7.24. The van der Waals surface area contributed by atoms with Crippen LogP contribution in [0.1, 0.15) is 10.4 Å². The van der Waals surface area contributed by atoms with E-state index in [4.69, 9.17) is 32.7 Å². The number of hydrogen-bond donors (Lipinski definition) is 0. The zero-order valence-corrected chi connectivity index (χ0v) is 17.0. The van der Waals surface area contributed by atoms with Crippen molar-refractivity contribution in [3.8, 4) is 11.5 Å².